The molecule has 0 saturated carbocycles. The van der Waals surface area contributed by atoms with E-state index in [1.54, 1.807) is 24.3 Å². The van der Waals surface area contributed by atoms with Gasteiger partial charge in [-0.1, -0.05) is 12.1 Å². The Morgan fingerprint density at radius 2 is 1.59 bits per heavy atom. The number of piperidine rings is 3. The van der Waals surface area contributed by atoms with E-state index in [4.69, 9.17) is 4.74 Å². The van der Waals surface area contributed by atoms with Crippen LogP contribution >= 0.6 is 0 Å². The molecule has 0 aliphatic carbocycles. The van der Waals surface area contributed by atoms with Crippen molar-refractivity contribution in [2.45, 2.75) is 56.8 Å². The minimum absolute atomic E-state index is 0.0665. The van der Waals surface area contributed by atoms with Crippen molar-refractivity contribution in [1.82, 2.24) is 25.8 Å². The van der Waals surface area contributed by atoms with E-state index in [0.717, 1.165) is 80.9 Å². The maximum Gasteiger partial charge on any atom is 0.419 e. The van der Waals surface area contributed by atoms with Gasteiger partial charge in [0.15, 0.2) is 0 Å². The Bertz CT molecular complexity index is 2440. The lowest BCUT2D eigenvalue weighted by Crippen LogP contribution is -2.54. The van der Waals surface area contributed by atoms with Crippen LogP contribution in [0.3, 0.4) is 0 Å². The molecule has 4 aromatic rings. The molecule has 3 aromatic carbocycles. The fourth-order valence-corrected chi connectivity index (χ4v) is 8.80. The Labute approximate surface area is 361 Å². The molecule has 0 spiro atoms. The van der Waals surface area contributed by atoms with Gasteiger partial charge in [-0.05, 0) is 87.0 Å². The number of nitrogens with one attached hydrogen (secondary N) is 5. The smallest absolute Gasteiger partial charge is 0.419 e. The van der Waals surface area contributed by atoms with Gasteiger partial charge in [0.2, 0.25) is 11.8 Å². The number of pyridine rings is 1. The molecule has 1 unspecified atom stereocenters. The molecule has 0 radical (unpaired) electrons. The van der Waals surface area contributed by atoms with Crippen molar-refractivity contribution in [3.63, 3.8) is 0 Å². The van der Waals surface area contributed by atoms with Gasteiger partial charge >= 0.3 is 6.18 Å². The standard InChI is InChI=1S/C45H48F3N9O6/c1-49-41(59)31-7-3-4-8-34(31)52-36-22-39(51-24-33(36)45(46,47)48)53-35-12-10-29(21-38(35)63-2)55-18-15-26(16-19-55)23-50-27-6-5-17-56(25-27)28-9-11-30-32(20-28)44(62)57(43(30)61)37-13-14-40(58)54-42(37)60/h3-4,7-12,20-22,24,26-27,37,50H,5-6,13-19,23,25H2,1-2H3,(H,49,59)(H2,51,52,53)(H,54,58,60)/t27-,37?/m1/s1. The lowest BCUT2D eigenvalue weighted by molar-refractivity contribution is -0.137. The molecule has 2 atom stereocenters. The minimum atomic E-state index is -4.71. The van der Waals surface area contributed by atoms with Crippen molar-refractivity contribution >= 4 is 63.8 Å². The Morgan fingerprint density at radius 1 is 0.841 bits per heavy atom. The number of methoxy groups -OCH3 is 1. The Kier molecular flexibility index (Phi) is 12.3. The van der Waals surface area contributed by atoms with Crippen LogP contribution in [0, 0.1) is 5.92 Å². The number of carbonyl (C=O) groups is 5. The summed E-state index contributed by atoms with van der Waals surface area (Å²) in [5.74, 6) is -1.44. The predicted octanol–water partition coefficient (Wildman–Crippen LogP) is 5.83. The van der Waals surface area contributed by atoms with Gasteiger partial charge in [-0.15, -0.1) is 0 Å². The summed E-state index contributed by atoms with van der Waals surface area (Å²) in [6.45, 7) is 4.04. The highest BCUT2D eigenvalue weighted by atomic mass is 19.4. The van der Waals surface area contributed by atoms with Crippen LogP contribution in [0.15, 0.2) is 72.9 Å². The zero-order valence-electron chi connectivity index (χ0n) is 34.8. The van der Waals surface area contributed by atoms with Gasteiger partial charge in [-0.3, -0.25) is 34.2 Å². The van der Waals surface area contributed by atoms with Crippen molar-refractivity contribution in [2.24, 2.45) is 5.92 Å². The van der Waals surface area contributed by atoms with E-state index < -0.39 is 47.3 Å². The lowest BCUT2D eigenvalue weighted by atomic mass is 9.95. The number of halogens is 3. The van der Waals surface area contributed by atoms with Gasteiger partial charge in [-0.2, -0.15) is 13.2 Å². The number of aromatic nitrogens is 1. The van der Waals surface area contributed by atoms with E-state index in [0.29, 0.717) is 17.4 Å². The average molecular weight is 868 g/mol. The van der Waals surface area contributed by atoms with Gasteiger partial charge in [0, 0.05) is 75.4 Å². The number of nitrogens with zero attached hydrogens (tertiary/aromatic N) is 4. The number of anilines is 6. The van der Waals surface area contributed by atoms with Crippen LogP contribution in [-0.2, 0) is 15.8 Å². The summed E-state index contributed by atoms with van der Waals surface area (Å²) in [4.78, 5) is 72.7. The molecule has 3 fully saturated rings. The number of benzene rings is 3. The van der Waals surface area contributed by atoms with Crippen LogP contribution in [0.1, 0.15) is 75.2 Å². The maximum atomic E-state index is 14.1. The zero-order chi connectivity index (χ0) is 44.4. The lowest BCUT2D eigenvalue weighted by Gasteiger charge is -2.37. The summed E-state index contributed by atoms with van der Waals surface area (Å²) in [5, 5.41) is 14.4. The molecule has 330 valence electrons. The van der Waals surface area contributed by atoms with Crippen molar-refractivity contribution in [3.05, 3.63) is 95.2 Å². The molecule has 4 aliphatic heterocycles. The fraction of sp³-hybridized carbons (Fsp3) is 0.378. The van der Waals surface area contributed by atoms with Crippen molar-refractivity contribution in [2.75, 3.05) is 67.3 Å². The van der Waals surface area contributed by atoms with Gasteiger partial charge in [0.25, 0.3) is 17.7 Å². The van der Waals surface area contributed by atoms with Crippen LogP contribution in [0.25, 0.3) is 0 Å². The van der Waals surface area contributed by atoms with Crippen LogP contribution < -0.4 is 41.1 Å². The Morgan fingerprint density at radius 3 is 2.33 bits per heavy atom. The van der Waals surface area contributed by atoms with Crippen molar-refractivity contribution in [3.8, 4) is 5.75 Å². The molecule has 18 heteroatoms. The van der Waals surface area contributed by atoms with Gasteiger partial charge in [0.1, 0.15) is 17.6 Å². The largest absolute Gasteiger partial charge is 0.494 e. The van der Waals surface area contributed by atoms with Crippen LogP contribution in [0.5, 0.6) is 5.75 Å². The highest BCUT2D eigenvalue weighted by molar-refractivity contribution is 6.23. The summed E-state index contributed by atoms with van der Waals surface area (Å²) in [6, 6.07) is 17.7. The number of fused-ring (bicyclic) bond motifs is 1. The van der Waals surface area contributed by atoms with Crippen LogP contribution in [-0.4, -0.2) is 98.4 Å². The molecule has 3 saturated heterocycles. The first-order valence-electron chi connectivity index (χ1n) is 21.0. The summed E-state index contributed by atoms with van der Waals surface area (Å²) in [5.41, 5.74) is 1.97. The number of carbonyl (C=O) groups excluding carboxylic acids is 5. The third kappa shape index (κ3) is 9.12. The molecule has 8 rings (SSSR count). The first kappa shape index (κ1) is 43.0. The maximum absolute atomic E-state index is 14.1. The second-order valence-electron chi connectivity index (χ2n) is 16.2. The zero-order valence-corrected chi connectivity index (χ0v) is 34.8. The third-order valence-corrected chi connectivity index (χ3v) is 12.2. The van der Waals surface area contributed by atoms with Gasteiger partial charge in [-0.25, -0.2) is 4.98 Å². The summed E-state index contributed by atoms with van der Waals surface area (Å²) >= 11 is 0. The summed E-state index contributed by atoms with van der Waals surface area (Å²) < 4.78 is 47.9. The number of hydrogen-bond donors (Lipinski definition) is 5. The van der Waals surface area contributed by atoms with Gasteiger partial charge in [0.05, 0.1) is 46.4 Å². The molecule has 5 N–H and O–H groups in total. The fourth-order valence-electron chi connectivity index (χ4n) is 8.80. The third-order valence-electron chi connectivity index (χ3n) is 12.2. The molecule has 63 heavy (non-hydrogen) atoms. The quantitative estimate of drug-likeness (QED) is 0.108. The van der Waals surface area contributed by atoms with Crippen LogP contribution in [0.2, 0.25) is 0 Å². The minimum Gasteiger partial charge on any atom is -0.494 e. The van der Waals surface area contributed by atoms with Crippen molar-refractivity contribution in [1.29, 1.82) is 0 Å². The number of hydrogen-bond acceptors (Lipinski definition) is 12. The molecular weight excluding hydrogens is 820 g/mol. The monoisotopic (exact) mass is 867 g/mol. The van der Waals surface area contributed by atoms with Gasteiger partial charge < -0.3 is 35.8 Å². The number of imide groups is 2. The van der Waals surface area contributed by atoms with E-state index in [9.17, 15) is 37.1 Å². The number of rotatable bonds is 12. The van der Waals surface area contributed by atoms with E-state index in [1.165, 1.54) is 32.4 Å². The molecule has 0 bridgehead atoms. The SMILES string of the molecule is CNC(=O)c1ccccc1Nc1cc(Nc2ccc(N3CCC(CN[C@@H]4CCCN(c5ccc6c(c5)C(=O)N(C5CCC(=O)NC5=O)C6=O)C4)CC3)cc2OC)ncc1C(F)(F)F. The van der Waals surface area contributed by atoms with Crippen molar-refractivity contribution < 1.29 is 41.9 Å². The highest BCUT2D eigenvalue weighted by Gasteiger charge is 2.45. The van der Waals surface area contributed by atoms with Crippen LogP contribution in [0.4, 0.5) is 47.4 Å². The summed E-state index contributed by atoms with van der Waals surface area (Å²) in [6.07, 6.45) is 0.104. The first-order valence-corrected chi connectivity index (χ1v) is 21.0. The van der Waals surface area contributed by atoms with E-state index in [-0.39, 0.29) is 52.8 Å². The highest BCUT2D eigenvalue weighted by Crippen LogP contribution is 2.39. The first-order chi connectivity index (χ1) is 30.3. The Hall–Kier alpha value is -6.69. The Balaban J connectivity index is 0.856. The molecule has 5 heterocycles. The normalized spacial score (nSPS) is 19.5. The van der Waals surface area contributed by atoms with E-state index in [1.807, 2.05) is 24.3 Å². The topological polar surface area (TPSA) is 177 Å². The average Bonchev–Trinajstić information content (AvgIpc) is 3.53. The number of ether oxygens (including phenoxy) is 1. The molecule has 15 nitrogen and oxygen atoms in total. The number of alkyl halides is 3. The molecular formula is C45H48F3N9O6. The second kappa shape index (κ2) is 18.0. The predicted molar refractivity (Wildman–Crippen MR) is 230 cm³/mol. The van der Waals surface area contributed by atoms with E-state index >= 15 is 0 Å². The second-order valence-corrected chi connectivity index (χ2v) is 16.2. The molecule has 4 aliphatic rings. The molecule has 5 amide bonds. The molecule has 1 aromatic heterocycles. The summed E-state index contributed by atoms with van der Waals surface area (Å²) in [7, 11) is 2.97. The van der Waals surface area contributed by atoms with E-state index in [2.05, 4.69) is 41.4 Å². The number of amides is 5. The number of para-hydroxylation sites is 1.